The number of benzene rings is 3. The van der Waals surface area contributed by atoms with E-state index in [2.05, 4.69) is 78.9 Å². The van der Waals surface area contributed by atoms with Crippen LogP contribution in [0.2, 0.25) is 0 Å². The first kappa shape index (κ1) is 13.8. The van der Waals surface area contributed by atoms with Gasteiger partial charge >= 0.3 is 0 Å². The Morgan fingerprint density at radius 1 is 0.913 bits per heavy atom. The van der Waals surface area contributed by atoms with Crippen molar-refractivity contribution in [1.82, 2.24) is 4.57 Å². The molecule has 4 aromatic rings. The minimum Gasteiger partial charge on any atom is -0.343 e. The van der Waals surface area contributed by atoms with Crippen LogP contribution in [0.3, 0.4) is 0 Å². The number of hydrogen-bond donors (Lipinski definition) is 0. The zero-order valence-electron chi connectivity index (χ0n) is 13.5. The van der Waals surface area contributed by atoms with Gasteiger partial charge in [-0.15, -0.1) is 0 Å². The highest BCUT2D eigenvalue weighted by molar-refractivity contribution is 6.18. The Kier molecular flexibility index (Phi) is 3.09. The molecule has 0 saturated heterocycles. The molecule has 0 aliphatic rings. The van der Waals surface area contributed by atoms with Gasteiger partial charge in [-0.1, -0.05) is 61.2 Å². The molecule has 23 heavy (non-hydrogen) atoms. The van der Waals surface area contributed by atoms with Crippen molar-refractivity contribution >= 4 is 44.7 Å². The van der Waals surface area contributed by atoms with Crippen molar-refractivity contribution in [1.29, 1.82) is 0 Å². The zero-order chi connectivity index (χ0) is 16.0. The smallest absolute Gasteiger partial charge is 0.0568 e. The Labute approximate surface area is 136 Å². The summed E-state index contributed by atoms with van der Waals surface area (Å²) in [6.07, 6.45) is 6.16. The van der Waals surface area contributed by atoms with Gasteiger partial charge in [0.15, 0.2) is 0 Å². The SMILES string of the molecule is C=Cc1cc2c(cc1/C=C\C)c1ccc3ccccc3c1n2C. The van der Waals surface area contributed by atoms with Gasteiger partial charge in [-0.3, -0.25) is 0 Å². The van der Waals surface area contributed by atoms with E-state index in [1.165, 1.54) is 43.7 Å². The average Bonchev–Trinajstić information content (AvgIpc) is 2.87. The molecule has 0 saturated carbocycles. The van der Waals surface area contributed by atoms with E-state index in [1.54, 1.807) is 0 Å². The number of rotatable bonds is 2. The summed E-state index contributed by atoms with van der Waals surface area (Å²) in [6.45, 7) is 6.02. The maximum atomic E-state index is 3.97. The fraction of sp³-hybridized carbons (Fsp3) is 0.0909. The molecule has 0 atom stereocenters. The van der Waals surface area contributed by atoms with Gasteiger partial charge in [0.05, 0.1) is 5.52 Å². The third kappa shape index (κ3) is 1.93. The highest BCUT2D eigenvalue weighted by Crippen LogP contribution is 2.35. The highest BCUT2D eigenvalue weighted by atomic mass is 14.9. The van der Waals surface area contributed by atoms with Crippen LogP contribution in [0.1, 0.15) is 18.1 Å². The summed E-state index contributed by atoms with van der Waals surface area (Å²) < 4.78 is 2.30. The molecule has 3 aromatic carbocycles. The maximum absolute atomic E-state index is 3.97. The van der Waals surface area contributed by atoms with Gasteiger partial charge < -0.3 is 4.57 Å². The Morgan fingerprint density at radius 2 is 1.74 bits per heavy atom. The fourth-order valence-electron chi connectivity index (χ4n) is 3.57. The van der Waals surface area contributed by atoms with E-state index in [4.69, 9.17) is 0 Å². The van der Waals surface area contributed by atoms with Crippen LogP contribution in [0, 0.1) is 0 Å². The summed E-state index contributed by atoms with van der Waals surface area (Å²) in [6, 6.07) is 17.6. The zero-order valence-corrected chi connectivity index (χ0v) is 13.5. The second kappa shape index (κ2) is 5.13. The van der Waals surface area contributed by atoms with Crippen LogP contribution in [-0.2, 0) is 7.05 Å². The number of fused-ring (bicyclic) bond motifs is 5. The summed E-state index contributed by atoms with van der Waals surface area (Å²) in [5, 5.41) is 5.19. The van der Waals surface area contributed by atoms with Crippen molar-refractivity contribution in [2.24, 2.45) is 7.05 Å². The van der Waals surface area contributed by atoms with Crippen molar-refractivity contribution in [2.45, 2.75) is 6.92 Å². The number of nitrogens with zero attached hydrogens (tertiary/aromatic N) is 1. The second-order valence-electron chi connectivity index (χ2n) is 5.94. The molecular weight excluding hydrogens is 278 g/mol. The molecule has 0 amide bonds. The first-order chi connectivity index (χ1) is 11.2. The van der Waals surface area contributed by atoms with E-state index in [0.29, 0.717) is 0 Å². The fourth-order valence-corrected chi connectivity index (χ4v) is 3.57. The largest absolute Gasteiger partial charge is 0.343 e. The van der Waals surface area contributed by atoms with E-state index >= 15 is 0 Å². The molecule has 0 fully saturated rings. The van der Waals surface area contributed by atoms with E-state index in [0.717, 1.165) is 0 Å². The summed E-state index contributed by atoms with van der Waals surface area (Å²) in [4.78, 5) is 0. The van der Waals surface area contributed by atoms with E-state index in [-0.39, 0.29) is 0 Å². The van der Waals surface area contributed by atoms with Crippen LogP contribution in [0.15, 0.2) is 61.2 Å². The monoisotopic (exact) mass is 297 g/mol. The molecule has 0 spiro atoms. The Bertz CT molecular complexity index is 1090. The van der Waals surface area contributed by atoms with Gasteiger partial charge in [0, 0.05) is 28.7 Å². The lowest BCUT2D eigenvalue weighted by molar-refractivity contribution is 1.02. The normalized spacial score (nSPS) is 11.9. The lowest BCUT2D eigenvalue weighted by Crippen LogP contribution is -1.89. The molecule has 0 unspecified atom stereocenters. The first-order valence-electron chi connectivity index (χ1n) is 7.93. The molecule has 0 aliphatic heterocycles. The molecule has 1 heterocycles. The summed E-state index contributed by atoms with van der Waals surface area (Å²) in [5.74, 6) is 0. The van der Waals surface area contributed by atoms with E-state index < -0.39 is 0 Å². The van der Waals surface area contributed by atoms with Gasteiger partial charge in [-0.05, 0) is 35.6 Å². The van der Waals surface area contributed by atoms with Crippen LogP contribution >= 0.6 is 0 Å². The molecule has 1 heteroatoms. The second-order valence-corrected chi connectivity index (χ2v) is 5.94. The van der Waals surface area contributed by atoms with Gasteiger partial charge in [0.2, 0.25) is 0 Å². The highest BCUT2D eigenvalue weighted by Gasteiger charge is 2.12. The molecule has 0 radical (unpaired) electrons. The molecule has 112 valence electrons. The molecule has 0 aliphatic carbocycles. The molecule has 0 bridgehead atoms. The number of aromatic nitrogens is 1. The van der Waals surface area contributed by atoms with Crippen molar-refractivity contribution in [2.75, 3.05) is 0 Å². The van der Waals surface area contributed by atoms with Crippen molar-refractivity contribution in [3.63, 3.8) is 0 Å². The number of aryl methyl sites for hydroxylation is 1. The Hall–Kier alpha value is -2.80. The number of hydrogen-bond acceptors (Lipinski definition) is 0. The minimum atomic E-state index is 1.17. The summed E-state index contributed by atoms with van der Waals surface area (Å²) in [5.41, 5.74) is 4.94. The Balaban J connectivity index is 2.24. The van der Waals surface area contributed by atoms with Crippen LogP contribution in [0.25, 0.3) is 44.7 Å². The molecule has 1 nitrogen and oxygen atoms in total. The lowest BCUT2D eigenvalue weighted by Gasteiger charge is -2.04. The molecular formula is C22H19N. The average molecular weight is 297 g/mol. The predicted octanol–water partition coefficient (Wildman–Crippen LogP) is 6.16. The van der Waals surface area contributed by atoms with E-state index in [1.807, 2.05) is 13.0 Å². The topological polar surface area (TPSA) is 4.93 Å². The third-order valence-corrected chi connectivity index (χ3v) is 4.66. The van der Waals surface area contributed by atoms with Crippen molar-refractivity contribution in [3.8, 4) is 0 Å². The minimum absolute atomic E-state index is 1.17. The van der Waals surface area contributed by atoms with Crippen LogP contribution in [-0.4, -0.2) is 4.57 Å². The first-order valence-corrected chi connectivity index (χ1v) is 7.93. The molecule has 1 aromatic heterocycles. The third-order valence-electron chi connectivity index (χ3n) is 4.66. The predicted molar refractivity (Wildman–Crippen MR) is 103 cm³/mol. The number of allylic oxidation sites excluding steroid dienone is 1. The molecule has 0 N–H and O–H groups in total. The van der Waals surface area contributed by atoms with Crippen LogP contribution in [0.5, 0.6) is 0 Å². The molecule has 4 rings (SSSR count). The summed E-state index contributed by atoms with van der Waals surface area (Å²) in [7, 11) is 2.15. The van der Waals surface area contributed by atoms with Crippen LogP contribution in [0.4, 0.5) is 0 Å². The van der Waals surface area contributed by atoms with Crippen LogP contribution < -0.4 is 0 Å². The van der Waals surface area contributed by atoms with E-state index in [9.17, 15) is 0 Å². The standard InChI is InChI=1S/C22H19N/c1-4-8-17-13-20-19-12-11-16-9-6-7-10-18(16)22(19)23(3)21(20)14-15(17)5-2/h4-14H,2H2,1,3H3/b8-4-. The quantitative estimate of drug-likeness (QED) is 0.417. The maximum Gasteiger partial charge on any atom is 0.0568 e. The van der Waals surface area contributed by atoms with Crippen molar-refractivity contribution < 1.29 is 0 Å². The van der Waals surface area contributed by atoms with Crippen molar-refractivity contribution in [3.05, 3.63) is 72.3 Å². The van der Waals surface area contributed by atoms with Gasteiger partial charge in [-0.25, -0.2) is 0 Å². The Morgan fingerprint density at radius 3 is 2.52 bits per heavy atom. The lowest BCUT2D eigenvalue weighted by atomic mass is 10.0. The van der Waals surface area contributed by atoms with Gasteiger partial charge in [0.1, 0.15) is 0 Å². The van der Waals surface area contributed by atoms with Gasteiger partial charge in [0.25, 0.3) is 0 Å². The summed E-state index contributed by atoms with van der Waals surface area (Å²) >= 11 is 0. The van der Waals surface area contributed by atoms with Gasteiger partial charge in [-0.2, -0.15) is 0 Å².